The van der Waals surface area contributed by atoms with Gasteiger partial charge in [-0.25, -0.2) is 0 Å². The van der Waals surface area contributed by atoms with Crippen LogP contribution in [0.2, 0.25) is 0 Å². The molecule has 3 rings (SSSR count). The lowest BCUT2D eigenvalue weighted by molar-refractivity contribution is 1.40. The molecular weight excluding hydrogens is 198 g/mol. The van der Waals surface area contributed by atoms with Gasteiger partial charge in [-0.3, -0.25) is 9.78 Å². The highest BCUT2D eigenvalue weighted by atomic mass is 16.1. The molecule has 0 aliphatic heterocycles. The van der Waals surface area contributed by atoms with E-state index in [9.17, 15) is 4.79 Å². The third-order valence-corrected chi connectivity index (χ3v) is 2.70. The summed E-state index contributed by atoms with van der Waals surface area (Å²) in [5.41, 5.74) is 0.785. The first-order valence-electron chi connectivity index (χ1n) is 5.13. The van der Waals surface area contributed by atoms with Crippen LogP contribution >= 0.6 is 0 Å². The average molecular weight is 207 g/mol. The number of rotatable bonds is 0. The first-order valence-corrected chi connectivity index (χ1v) is 5.13. The summed E-state index contributed by atoms with van der Waals surface area (Å²) in [5, 5.41) is 2.72. The number of hydrogen-bond donors (Lipinski definition) is 0. The van der Waals surface area contributed by atoms with Gasteiger partial charge in [0.15, 0.2) is 5.43 Å². The summed E-state index contributed by atoms with van der Waals surface area (Å²) >= 11 is 0. The highest BCUT2D eigenvalue weighted by molar-refractivity contribution is 6.05. The smallest absolute Gasteiger partial charge is 0.190 e. The van der Waals surface area contributed by atoms with Crippen molar-refractivity contribution < 1.29 is 0 Å². The zero-order valence-corrected chi connectivity index (χ0v) is 8.55. The summed E-state index contributed by atoms with van der Waals surface area (Å²) in [6.07, 6.45) is 1.56. The molecule has 0 amide bonds. The van der Waals surface area contributed by atoms with Crippen molar-refractivity contribution in [3.63, 3.8) is 0 Å². The first-order chi connectivity index (χ1) is 7.86. The van der Waals surface area contributed by atoms with Crippen LogP contribution in [0, 0.1) is 0 Å². The summed E-state index contributed by atoms with van der Waals surface area (Å²) in [7, 11) is 0. The second-order valence-electron chi connectivity index (χ2n) is 3.68. The van der Waals surface area contributed by atoms with Gasteiger partial charge in [0.1, 0.15) is 0 Å². The van der Waals surface area contributed by atoms with Crippen molar-refractivity contribution in [2.24, 2.45) is 0 Å². The van der Waals surface area contributed by atoms with Crippen molar-refractivity contribution in [3.05, 3.63) is 65.0 Å². The van der Waals surface area contributed by atoms with E-state index in [4.69, 9.17) is 0 Å². The second kappa shape index (κ2) is 3.42. The molecule has 3 aromatic rings. The summed E-state index contributed by atoms with van der Waals surface area (Å²) < 4.78 is 0. The van der Waals surface area contributed by atoms with Crippen LogP contribution < -0.4 is 5.43 Å². The number of pyridine rings is 1. The molecule has 0 saturated heterocycles. The minimum Gasteiger partial charge on any atom is -0.289 e. The zero-order valence-electron chi connectivity index (χ0n) is 8.55. The molecule has 0 spiro atoms. The predicted octanol–water partition coefficient (Wildman–Crippen LogP) is 2.75. The van der Waals surface area contributed by atoms with E-state index in [0.717, 1.165) is 16.3 Å². The number of nitrogens with zero attached hydrogens (tertiary/aromatic N) is 1. The lowest BCUT2D eigenvalue weighted by Gasteiger charge is -1.98. The third kappa shape index (κ3) is 1.27. The van der Waals surface area contributed by atoms with Crippen LogP contribution in [0.25, 0.3) is 21.7 Å². The Bertz CT molecular complexity index is 734. The molecule has 0 unspecified atom stereocenters. The largest absolute Gasteiger partial charge is 0.289 e. The lowest BCUT2D eigenvalue weighted by Crippen LogP contribution is -2.00. The highest BCUT2D eigenvalue weighted by Gasteiger charge is 2.02. The van der Waals surface area contributed by atoms with E-state index in [1.54, 1.807) is 6.20 Å². The average Bonchev–Trinajstić information content (AvgIpc) is 2.54. The van der Waals surface area contributed by atoms with Gasteiger partial charge in [-0.2, -0.15) is 0 Å². The molecule has 2 nitrogen and oxygen atoms in total. The molecule has 0 fully saturated rings. The van der Waals surface area contributed by atoms with Gasteiger partial charge in [0.05, 0.1) is 10.9 Å². The fraction of sp³-hybridized carbons (Fsp3) is 0. The molecule has 0 bridgehead atoms. The molecule has 0 saturated carbocycles. The minimum absolute atomic E-state index is 0.0294. The molecule has 0 aliphatic rings. The molecule has 16 heavy (non-hydrogen) atoms. The summed E-state index contributed by atoms with van der Waals surface area (Å²) in [6.45, 7) is 0. The number of fused-ring (bicyclic) bond motifs is 3. The number of hydrogen-bond acceptors (Lipinski definition) is 2. The monoisotopic (exact) mass is 207 g/mol. The Morgan fingerprint density at radius 2 is 1.75 bits per heavy atom. The van der Waals surface area contributed by atoms with Gasteiger partial charge in [-0.1, -0.05) is 36.4 Å². The van der Waals surface area contributed by atoms with Crippen LogP contribution in [-0.4, -0.2) is 4.98 Å². The van der Waals surface area contributed by atoms with Gasteiger partial charge in [0.25, 0.3) is 0 Å². The van der Waals surface area contributed by atoms with Crippen LogP contribution in [0.15, 0.2) is 59.5 Å². The Morgan fingerprint density at radius 3 is 2.69 bits per heavy atom. The van der Waals surface area contributed by atoms with Crippen LogP contribution in [0.3, 0.4) is 0 Å². The van der Waals surface area contributed by atoms with E-state index in [1.165, 1.54) is 6.07 Å². The second-order valence-corrected chi connectivity index (χ2v) is 3.68. The van der Waals surface area contributed by atoms with Crippen molar-refractivity contribution >= 4 is 21.7 Å². The van der Waals surface area contributed by atoms with Crippen molar-refractivity contribution in [2.75, 3.05) is 0 Å². The number of aromatic nitrogens is 1. The van der Waals surface area contributed by atoms with Crippen LogP contribution in [0.5, 0.6) is 0 Å². The summed E-state index contributed by atoms with van der Waals surface area (Å²) in [6, 6.07) is 15.2. The molecule has 1 aromatic heterocycles. The van der Waals surface area contributed by atoms with Gasteiger partial charge < -0.3 is 0 Å². The molecule has 1 heterocycles. The molecule has 76 valence electrons. The van der Waals surface area contributed by atoms with Crippen molar-refractivity contribution in [2.45, 2.75) is 0 Å². The standard InChI is InChI=1S/C14H9NO/c16-13-8-9-15-12-7-6-10-4-2-1-3-5-11(10)14(12)13/h1-9H. The maximum atomic E-state index is 11.9. The molecule has 2 heteroatoms. The minimum atomic E-state index is 0.0294. The van der Waals surface area contributed by atoms with E-state index in [2.05, 4.69) is 4.98 Å². The van der Waals surface area contributed by atoms with E-state index >= 15 is 0 Å². The maximum Gasteiger partial charge on any atom is 0.190 e. The molecule has 2 aromatic carbocycles. The first kappa shape index (κ1) is 9.04. The highest BCUT2D eigenvalue weighted by Crippen LogP contribution is 2.19. The quantitative estimate of drug-likeness (QED) is 0.567. The van der Waals surface area contributed by atoms with Crippen LogP contribution in [0.4, 0.5) is 0 Å². The molecule has 0 radical (unpaired) electrons. The number of benzene rings is 1. The zero-order chi connectivity index (χ0) is 11.0. The van der Waals surface area contributed by atoms with Gasteiger partial charge >= 0.3 is 0 Å². The Kier molecular flexibility index (Phi) is 1.93. The Labute approximate surface area is 92.2 Å². The SMILES string of the molecule is O=c1ccnc2ccc3cccccc3c12. The molecule has 0 aliphatic carbocycles. The van der Waals surface area contributed by atoms with Crippen molar-refractivity contribution in [3.8, 4) is 0 Å². The Hall–Kier alpha value is -2.22. The molecular formula is C14H9NO. The molecule has 0 atom stereocenters. The third-order valence-electron chi connectivity index (χ3n) is 2.70. The van der Waals surface area contributed by atoms with Crippen LogP contribution in [-0.2, 0) is 0 Å². The summed E-state index contributed by atoms with van der Waals surface area (Å²) in [5.74, 6) is 0. The van der Waals surface area contributed by atoms with E-state index in [1.807, 2.05) is 42.5 Å². The van der Waals surface area contributed by atoms with E-state index in [-0.39, 0.29) is 5.43 Å². The summed E-state index contributed by atoms with van der Waals surface area (Å²) in [4.78, 5) is 16.1. The van der Waals surface area contributed by atoms with Gasteiger partial charge in [-0.05, 0) is 16.8 Å². The normalized spacial score (nSPS) is 10.8. The molecule has 0 N–H and O–H groups in total. The van der Waals surface area contributed by atoms with Gasteiger partial charge in [-0.15, -0.1) is 0 Å². The fourth-order valence-electron chi connectivity index (χ4n) is 1.96. The fourth-order valence-corrected chi connectivity index (χ4v) is 1.96. The van der Waals surface area contributed by atoms with Crippen molar-refractivity contribution in [1.82, 2.24) is 4.98 Å². The maximum absolute atomic E-state index is 11.9. The van der Waals surface area contributed by atoms with E-state index in [0.29, 0.717) is 5.39 Å². The lowest BCUT2D eigenvalue weighted by atomic mass is 10.1. The van der Waals surface area contributed by atoms with Crippen LogP contribution in [0.1, 0.15) is 0 Å². The Morgan fingerprint density at radius 1 is 0.875 bits per heavy atom. The van der Waals surface area contributed by atoms with Crippen molar-refractivity contribution in [1.29, 1.82) is 0 Å². The van der Waals surface area contributed by atoms with Gasteiger partial charge in [0, 0.05) is 12.3 Å². The Balaban J connectivity index is 2.70. The predicted molar refractivity (Wildman–Crippen MR) is 65.5 cm³/mol. The van der Waals surface area contributed by atoms with E-state index < -0.39 is 0 Å². The topological polar surface area (TPSA) is 30.0 Å². The van der Waals surface area contributed by atoms with Gasteiger partial charge in [0.2, 0.25) is 0 Å².